The Morgan fingerprint density at radius 3 is 2.44 bits per heavy atom. The fourth-order valence-corrected chi connectivity index (χ4v) is 5.63. The second kappa shape index (κ2) is 13.9. The van der Waals surface area contributed by atoms with Gasteiger partial charge in [0, 0.05) is 6.54 Å². The molecule has 1 unspecified atom stereocenters. The number of ether oxygens (including phenoxy) is 3. The quantitative estimate of drug-likeness (QED) is 0.459. The summed E-state index contributed by atoms with van der Waals surface area (Å²) >= 11 is 0. The van der Waals surface area contributed by atoms with Gasteiger partial charge in [-0.2, -0.15) is 0 Å². The first kappa shape index (κ1) is 30.4. The standard InChI is InChI=1S/C33H42N4O6/c1-23(2)26-22-42-27-10-4-3-9-25(27)31(39)34-16-8-7-13-33(32(40)36-26)14-17-37(18-15-33)20-30(38)35-19-24-21-41-28-11-5-6-12-29(28)43-24/h3-12,23-24,26H,13-22H2,1-2H3,(H,34,39)(H,35,38)(H,36,40)/b8-7+/t24?,26-/m0/s1. The van der Waals surface area contributed by atoms with Crippen molar-refractivity contribution in [2.45, 2.75) is 45.3 Å². The highest BCUT2D eigenvalue weighted by molar-refractivity contribution is 5.97. The minimum absolute atomic E-state index is 0.00709. The molecule has 43 heavy (non-hydrogen) atoms. The number of nitrogens with zero attached hydrogens (tertiary/aromatic N) is 1. The molecular weight excluding hydrogens is 548 g/mol. The highest BCUT2D eigenvalue weighted by Gasteiger charge is 2.41. The molecule has 5 rings (SSSR count). The zero-order chi connectivity index (χ0) is 30.2. The average Bonchev–Trinajstić information content (AvgIpc) is 3.02. The van der Waals surface area contributed by atoms with Gasteiger partial charge in [-0.25, -0.2) is 0 Å². The van der Waals surface area contributed by atoms with Gasteiger partial charge < -0.3 is 30.2 Å². The van der Waals surface area contributed by atoms with Gasteiger partial charge in [0.15, 0.2) is 11.5 Å². The maximum absolute atomic E-state index is 13.9. The summed E-state index contributed by atoms with van der Waals surface area (Å²) in [6.45, 7) is 6.95. The molecule has 1 saturated heterocycles. The molecule has 1 fully saturated rings. The molecule has 0 radical (unpaired) electrons. The molecule has 2 atom stereocenters. The van der Waals surface area contributed by atoms with Crippen molar-refractivity contribution in [3.8, 4) is 17.2 Å². The molecule has 3 N–H and O–H groups in total. The summed E-state index contributed by atoms with van der Waals surface area (Å²) in [5, 5.41) is 9.17. The van der Waals surface area contributed by atoms with E-state index < -0.39 is 5.41 Å². The van der Waals surface area contributed by atoms with Crippen molar-refractivity contribution in [3.05, 3.63) is 66.2 Å². The van der Waals surface area contributed by atoms with E-state index in [4.69, 9.17) is 14.2 Å². The Labute approximate surface area is 253 Å². The fourth-order valence-electron chi connectivity index (χ4n) is 5.63. The van der Waals surface area contributed by atoms with Gasteiger partial charge in [-0.15, -0.1) is 0 Å². The molecule has 10 heteroatoms. The van der Waals surface area contributed by atoms with Crippen LogP contribution in [0.4, 0.5) is 0 Å². The van der Waals surface area contributed by atoms with Gasteiger partial charge in [-0.1, -0.05) is 50.3 Å². The molecule has 10 nitrogen and oxygen atoms in total. The summed E-state index contributed by atoms with van der Waals surface area (Å²) in [4.78, 5) is 41.6. The van der Waals surface area contributed by atoms with Crippen molar-refractivity contribution in [3.63, 3.8) is 0 Å². The van der Waals surface area contributed by atoms with Gasteiger partial charge in [0.05, 0.1) is 30.1 Å². The van der Waals surface area contributed by atoms with E-state index in [0.29, 0.717) is 74.9 Å². The number of amides is 3. The number of benzene rings is 2. The van der Waals surface area contributed by atoms with Crippen LogP contribution in [0.1, 0.15) is 43.5 Å². The number of allylic oxidation sites excluding steroid dienone is 1. The lowest BCUT2D eigenvalue weighted by molar-refractivity contribution is -0.135. The summed E-state index contributed by atoms with van der Waals surface area (Å²) in [5.41, 5.74) is -0.136. The Morgan fingerprint density at radius 1 is 0.977 bits per heavy atom. The largest absolute Gasteiger partial charge is 0.491 e. The predicted octanol–water partition coefficient (Wildman–Crippen LogP) is 2.93. The molecular formula is C33H42N4O6. The van der Waals surface area contributed by atoms with Gasteiger partial charge in [-0.05, 0) is 62.5 Å². The normalized spacial score (nSPS) is 23.2. The molecule has 1 spiro atoms. The highest BCUT2D eigenvalue weighted by Crippen LogP contribution is 2.36. The summed E-state index contributed by atoms with van der Waals surface area (Å²) in [6.07, 6.45) is 5.43. The van der Waals surface area contributed by atoms with E-state index >= 15 is 0 Å². The zero-order valence-electron chi connectivity index (χ0n) is 25.0. The molecule has 0 aromatic heterocycles. The van der Waals surface area contributed by atoms with E-state index in [1.807, 2.05) is 62.4 Å². The first-order chi connectivity index (χ1) is 20.8. The zero-order valence-corrected chi connectivity index (χ0v) is 25.0. The second-order valence-electron chi connectivity index (χ2n) is 11.9. The van der Waals surface area contributed by atoms with Gasteiger partial charge >= 0.3 is 0 Å². The number of hydrogen-bond acceptors (Lipinski definition) is 7. The Bertz CT molecular complexity index is 1320. The van der Waals surface area contributed by atoms with Crippen LogP contribution in [0.5, 0.6) is 17.2 Å². The van der Waals surface area contributed by atoms with Crippen LogP contribution in [0, 0.1) is 11.3 Å². The first-order valence-electron chi connectivity index (χ1n) is 15.2. The van der Waals surface area contributed by atoms with Gasteiger partial charge in [0.2, 0.25) is 11.8 Å². The molecule has 2 aromatic rings. The third kappa shape index (κ3) is 7.67. The van der Waals surface area contributed by atoms with E-state index in [9.17, 15) is 14.4 Å². The Balaban J connectivity index is 1.18. The second-order valence-corrected chi connectivity index (χ2v) is 11.9. The maximum Gasteiger partial charge on any atom is 0.255 e. The number of likely N-dealkylation sites (tertiary alicyclic amines) is 1. The van der Waals surface area contributed by atoms with E-state index in [0.717, 1.165) is 0 Å². The molecule has 230 valence electrons. The lowest BCUT2D eigenvalue weighted by Crippen LogP contribution is -2.54. The average molecular weight is 591 g/mol. The smallest absolute Gasteiger partial charge is 0.255 e. The number of para-hydroxylation sites is 3. The molecule has 3 aliphatic heterocycles. The number of nitrogens with one attached hydrogen (secondary N) is 3. The van der Waals surface area contributed by atoms with Crippen LogP contribution >= 0.6 is 0 Å². The molecule has 0 aliphatic carbocycles. The maximum atomic E-state index is 13.9. The SMILES string of the molecule is CC(C)[C@@H]1COc2ccccc2C(=O)NC/C=C/CC2(CCN(CC(=O)NCC3COc4ccccc4O3)CC2)C(=O)N1. The third-order valence-corrected chi connectivity index (χ3v) is 8.48. The number of fused-ring (bicyclic) bond motifs is 2. The van der Waals surface area contributed by atoms with Crippen molar-refractivity contribution in [2.75, 3.05) is 45.9 Å². The van der Waals surface area contributed by atoms with Crippen LogP contribution in [-0.4, -0.2) is 80.7 Å². The molecule has 3 heterocycles. The van der Waals surface area contributed by atoms with Gasteiger partial charge in [0.1, 0.15) is 25.1 Å². The van der Waals surface area contributed by atoms with E-state index in [2.05, 4.69) is 20.9 Å². The Hall–Kier alpha value is -4.05. The van der Waals surface area contributed by atoms with Crippen LogP contribution in [-0.2, 0) is 9.59 Å². The summed E-state index contributed by atoms with van der Waals surface area (Å²) in [5.74, 6) is 1.75. The number of piperidine rings is 1. The summed E-state index contributed by atoms with van der Waals surface area (Å²) in [7, 11) is 0. The van der Waals surface area contributed by atoms with Crippen LogP contribution in [0.3, 0.4) is 0 Å². The van der Waals surface area contributed by atoms with Crippen molar-refractivity contribution in [1.82, 2.24) is 20.9 Å². The molecule has 3 aliphatic rings. The topological polar surface area (TPSA) is 118 Å². The molecule has 2 aromatic carbocycles. The fraction of sp³-hybridized carbons (Fsp3) is 0.485. The van der Waals surface area contributed by atoms with Crippen molar-refractivity contribution in [2.24, 2.45) is 11.3 Å². The van der Waals surface area contributed by atoms with Crippen LogP contribution in [0.2, 0.25) is 0 Å². The third-order valence-electron chi connectivity index (χ3n) is 8.48. The number of carbonyl (C=O) groups excluding carboxylic acids is 3. The molecule has 3 amide bonds. The van der Waals surface area contributed by atoms with E-state index in [-0.39, 0.29) is 48.9 Å². The Kier molecular flexibility index (Phi) is 9.86. The van der Waals surface area contributed by atoms with Crippen LogP contribution in [0.25, 0.3) is 0 Å². The van der Waals surface area contributed by atoms with Crippen LogP contribution in [0.15, 0.2) is 60.7 Å². The van der Waals surface area contributed by atoms with Gasteiger partial charge in [-0.3, -0.25) is 19.3 Å². The summed E-state index contributed by atoms with van der Waals surface area (Å²) in [6, 6.07) is 14.4. The molecule has 0 saturated carbocycles. The monoisotopic (exact) mass is 590 g/mol. The van der Waals surface area contributed by atoms with E-state index in [1.54, 1.807) is 12.1 Å². The number of carbonyl (C=O) groups is 3. The first-order valence-corrected chi connectivity index (χ1v) is 15.2. The predicted molar refractivity (Wildman–Crippen MR) is 162 cm³/mol. The van der Waals surface area contributed by atoms with Crippen molar-refractivity contribution < 1.29 is 28.6 Å². The van der Waals surface area contributed by atoms with Crippen molar-refractivity contribution in [1.29, 1.82) is 0 Å². The van der Waals surface area contributed by atoms with Crippen LogP contribution < -0.4 is 30.2 Å². The number of hydrogen-bond donors (Lipinski definition) is 3. The van der Waals surface area contributed by atoms with Gasteiger partial charge in [0.25, 0.3) is 5.91 Å². The highest BCUT2D eigenvalue weighted by atomic mass is 16.6. The lowest BCUT2D eigenvalue weighted by Gasteiger charge is -2.41. The van der Waals surface area contributed by atoms with E-state index in [1.165, 1.54) is 0 Å². The lowest BCUT2D eigenvalue weighted by atomic mass is 9.74. The minimum Gasteiger partial charge on any atom is -0.491 e. The van der Waals surface area contributed by atoms with Crippen molar-refractivity contribution >= 4 is 17.7 Å². The molecule has 0 bridgehead atoms. The minimum atomic E-state index is -0.608. The summed E-state index contributed by atoms with van der Waals surface area (Å²) < 4.78 is 17.8. The number of rotatable bonds is 5. The Morgan fingerprint density at radius 2 is 1.67 bits per heavy atom.